The normalized spacial score (nSPS) is 10.6. The predicted molar refractivity (Wildman–Crippen MR) is 71.6 cm³/mol. The Kier molecular flexibility index (Phi) is 12.0. The van der Waals surface area contributed by atoms with Gasteiger partial charge in [-0.2, -0.15) is 0 Å². The molecule has 1 N–H and O–H groups in total. The molecule has 0 bridgehead atoms. The van der Waals surface area contributed by atoms with Gasteiger partial charge in [-0.1, -0.05) is 37.8 Å². The second-order valence-electron chi connectivity index (χ2n) is 4.18. The third-order valence-electron chi connectivity index (χ3n) is 2.66. The lowest BCUT2D eigenvalue weighted by molar-refractivity contribution is 0.281. The summed E-state index contributed by atoms with van der Waals surface area (Å²) in [5, 5.41) is 8.63. The number of nitrogens with zero attached hydrogens (tertiary/aromatic N) is 1. The van der Waals surface area contributed by atoms with Gasteiger partial charge in [0.05, 0.1) is 0 Å². The average Bonchev–Trinajstić information content (AvgIpc) is 2.28. The van der Waals surface area contributed by atoms with E-state index in [1.54, 1.807) is 0 Å². The molecular weight excluding hydrogens is 198 g/mol. The summed E-state index contributed by atoms with van der Waals surface area (Å²) in [6, 6.07) is 0. The number of hydrogen-bond donors (Lipinski definition) is 1. The number of aliphatic hydroxyl groups excluding tert-OH is 1. The number of rotatable bonds is 12. The molecule has 0 aromatic carbocycles. The predicted octanol–water partition coefficient (Wildman–Crippen LogP) is 2.99. The largest absolute Gasteiger partial charge is 0.396 e. The minimum Gasteiger partial charge on any atom is -0.396 e. The fourth-order valence-corrected chi connectivity index (χ4v) is 1.78. The lowest BCUT2D eigenvalue weighted by atomic mass is 10.1. The van der Waals surface area contributed by atoms with Crippen LogP contribution < -0.4 is 0 Å². The Morgan fingerprint density at radius 1 is 0.812 bits per heavy atom. The zero-order valence-corrected chi connectivity index (χ0v) is 10.5. The fourth-order valence-electron chi connectivity index (χ4n) is 1.78. The van der Waals surface area contributed by atoms with Crippen LogP contribution in [-0.2, 0) is 0 Å². The maximum atomic E-state index is 8.63. The topological polar surface area (TPSA) is 23.5 Å². The molecule has 0 fully saturated rings. The van der Waals surface area contributed by atoms with Crippen LogP contribution in [0.5, 0.6) is 0 Å². The monoisotopic (exact) mass is 225 g/mol. The molecule has 0 unspecified atom stereocenters. The second kappa shape index (κ2) is 12.5. The van der Waals surface area contributed by atoms with Crippen LogP contribution in [0.25, 0.3) is 0 Å². The van der Waals surface area contributed by atoms with Crippen LogP contribution in [0.2, 0.25) is 0 Å². The van der Waals surface area contributed by atoms with E-state index in [1.165, 1.54) is 32.1 Å². The lowest BCUT2D eigenvalue weighted by Gasteiger charge is -2.18. The van der Waals surface area contributed by atoms with Gasteiger partial charge in [-0.3, -0.25) is 4.90 Å². The summed E-state index contributed by atoms with van der Waals surface area (Å²) in [7, 11) is 0. The highest BCUT2D eigenvalue weighted by Gasteiger charge is 1.99. The molecule has 16 heavy (non-hydrogen) atoms. The second-order valence-corrected chi connectivity index (χ2v) is 4.18. The minimum absolute atomic E-state index is 0.340. The Labute approximate surface area is 101 Å². The first kappa shape index (κ1) is 15.4. The van der Waals surface area contributed by atoms with Crippen molar-refractivity contribution in [3.8, 4) is 0 Å². The zero-order chi connectivity index (χ0) is 12.1. The molecular formula is C14H27NO. The quantitative estimate of drug-likeness (QED) is 0.408. The van der Waals surface area contributed by atoms with E-state index in [4.69, 9.17) is 5.11 Å². The highest BCUT2D eigenvalue weighted by molar-refractivity contribution is 4.79. The third-order valence-corrected chi connectivity index (χ3v) is 2.66. The van der Waals surface area contributed by atoms with Gasteiger partial charge in [-0.05, 0) is 19.4 Å². The van der Waals surface area contributed by atoms with Gasteiger partial charge in [0.1, 0.15) is 0 Å². The molecule has 0 saturated carbocycles. The van der Waals surface area contributed by atoms with E-state index >= 15 is 0 Å². The molecule has 0 aliphatic heterocycles. The summed E-state index contributed by atoms with van der Waals surface area (Å²) in [5.74, 6) is 0. The number of unbranched alkanes of at least 4 members (excludes halogenated alkanes) is 5. The van der Waals surface area contributed by atoms with Crippen molar-refractivity contribution >= 4 is 0 Å². The van der Waals surface area contributed by atoms with Crippen molar-refractivity contribution in [3.63, 3.8) is 0 Å². The van der Waals surface area contributed by atoms with Crippen molar-refractivity contribution in [1.29, 1.82) is 0 Å². The van der Waals surface area contributed by atoms with E-state index in [-0.39, 0.29) is 0 Å². The van der Waals surface area contributed by atoms with Crippen molar-refractivity contribution in [3.05, 3.63) is 25.3 Å². The van der Waals surface area contributed by atoms with Crippen LogP contribution in [0.4, 0.5) is 0 Å². The van der Waals surface area contributed by atoms with Crippen molar-refractivity contribution in [2.45, 2.75) is 38.5 Å². The van der Waals surface area contributed by atoms with Gasteiger partial charge in [0.2, 0.25) is 0 Å². The molecule has 0 aliphatic rings. The summed E-state index contributed by atoms with van der Waals surface area (Å²) >= 11 is 0. The first-order chi connectivity index (χ1) is 7.85. The molecule has 94 valence electrons. The molecule has 0 spiro atoms. The summed E-state index contributed by atoms with van der Waals surface area (Å²) in [6.07, 6.45) is 11.1. The van der Waals surface area contributed by atoms with Crippen LogP contribution in [0.15, 0.2) is 25.3 Å². The molecule has 2 heteroatoms. The zero-order valence-electron chi connectivity index (χ0n) is 10.5. The van der Waals surface area contributed by atoms with Crippen molar-refractivity contribution in [1.82, 2.24) is 4.90 Å². The Morgan fingerprint density at radius 3 is 1.81 bits per heavy atom. The van der Waals surface area contributed by atoms with E-state index in [0.29, 0.717) is 6.61 Å². The van der Waals surface area contributed by atoms with Crippen LogP contribution in [-0.4, -0.2) is 36.2 Å². The standard InChI is InChI=1S/C14H27NO/c1-3-11-15(12-4-2)13-9-7-5-6-8-10-14-16/h3-4,16H,1-2,5-14H2. The van der Waals surface area contributed by atoms with E-state index < -0.39 is 0 Å². The van der Waals surface area contributed by atoms with Gasteiger partial charge in [-0.25, -0.2) is 0 Å². The van der Waals surface area contributed by atoms with Crippen LogP contribution in [0, 0.1) is 0 Å². The summed E-state index contributed by atoms with van der Waals surface area (Å²) in [5.41, 5.74) is 0. The molecule has 0 heterocycles. The van der Waals surface area contributed by atoms with Crippen LogP contribution in [0.3, 0.4) is 0 Å². The molecule has 0 aromatic rings. The van der Waals surface area contributed by atoms with E-state index in [0.717, 1.165) is 26.1 Å². The van der Waals surface area contributed by atoms with Crippen molar-refractivity contribution in [2.24, 2.45) is 0 Å². The van der Waals surface area contributed by atoms with Crippen molar-refractivity contribution in [2.75, 3.05) is 26.2 Å². The Bertz CT molecular complexity index is 158. The van der Waals surface area contributed by atoms with Gasteiger partial charge in [0.25, 0.3) is 0 Å². The molecule has 0 amide bonds. The Hall–Kier alpha value is -0.600. The van der Waals surface area contributed by atoms with Crippen LogP contribution in [0.1, 0.15) is 38.5 Å². The SMILES string of the molecule is C=CCN(CC=C)CCCCCCCCO. The van der Waals surface area contributed by atoms with E-state index in [9.17, 15) is 0 Å². The summed E-state index contributed by atoms with van der Waals surface area (Å²) in [6.45, 7) is 10.9. The van der Waals surface area contributed by atoms with E-state index in [1.807, 2.05) is 12.2 Å². The highest BCUT2D eigenvalue weighted by Crippen LogP contribution is 2.06. The van der Waals surface area contributed by atoms with Gasteiger partial charge in [-0.15, -0.1) is 13.2 Å². The Balaban J connectivity index is 3.32. The third kappa shape index (κ3) is 9.94. The minimum atomic E-state index is 0.340. The van der Waals surface area contributed by atoms with Gasteiger partial charge in [0.15, 0.2) is 0 Å². The van der Waals surface area contributed by atoms with Gasteiger partial charge < -0.3 is 5.11 Å². The van der Waals surface area contributed by atoms with Gasteiger partial charge >= 0.3 is 0 Å². The lowest BCUT2D eigenvalue weighted by Crippen LogP contribution is -2.24. The first-order valence-electron chi connectivity index (χ1n) is 6.40. The average molecular weight is 225 g/mol. The molecule has 2 nitrogen and oxygen atoms in total. The highest BCUT2D eigenvalue weighted by atomic mass is 16.2. The van der Waals surface area contributed by atoms with Crippen LogP contribution >= 0.6 is 0 Å². The molecule has 0 atom stereocenters. The Morgan fingerprint density at radius 2 is 1.31 bits per heavy atom. The molecule has 0 aromatic heterocycles. The molecule has 0 saturated heterocycles. The maximum Gasteiger partial charge on any atom is 0.0431 e. The van der Waals surface area contributed by atoms with Gasteiger partial charge in [0, 0.05) is 19.7 Å². The van der Waals surface area contributed by atoms with Crippen molar-refractivity contribution < 1.29 is 5.11 Å². The van der Waals surface area contributed by atoms with E-state index in [2.05, 4.69) is 18.1 Å². The first-order valence-corrected chi connectivity index (χ1v) is 6.40. The maximum absolute atomic E-state index is 8.63. The molecule has 0 rings (SSSR count). The fraction of sp³-hybridized carbons (Fsp3) is 0.714. The molecule has 0 aliphatic carbocycles. The molecule has 0 radical (unpaired) electrons. The summed E-state index contributed by atoms with van der Waals surface area (Å²) in [4.78, 5) is 2.35. The smallest absolute Gasteiger partial charge is 0.0431 e. The number of hydrogen-bond acceptors (Lipinski definition) is 2. The number of aliphatic hydroxyl groups is 1. The summed E-state index contributed by atoms with van der Waals surface area (Å²) < 4.78 is 0.